The van der Waals surface area contributed by atoms with E-state index in [2.05, 4.69) is 15.7 Å². The van der Waals surface area contributed by atoms with E-state index in [4.69, 9.17) is 0 Å². The van der Waals surface area contributed by atoms with Gasteiger partial charge in [-0.15, -0.1) is 0 Å². The molecule has 2 fully saturated rings. The van der Waals surface area contributed by atoms with Gasteiger partial charge in [-0.05, 0) is 25.0 Å². The molecule has 3 heterocycles. The second kappa shape index (κ2) is 7.18. The smallest absolute Gasteiger partial charge is 0.284 e. The number of aromatic nitrogens is 1. The molecule has 126 valence electrons. The number of hydrogen-bond donors (Lipinski definition) is 2. The molecule has 0 aromatic carbocycles. The van der Waals surface area contributed by atoms with Crippen LogP contribution in [-0.2, 0) is 0 Å². The van der Waals surface area contributed by atoms with Crippen molar-refractivity contribution >= 4 is 11.6 Å². The molecular formula is C15H21F2N5O. The zero-order valence-corrected chi connectivity index (χ0v) is 12.9. The summed E-state index contributed by atoms with van der Waals surface area (Å²) in [5.41, 5.74) is 2.85. The Labute approximate surface area is 133 Å². The van der Waals surface area contributed by atoms with Gasteiger partial charge in [-0.25, -0.2) is 18.8 Å². The van der Waals surface area contributed by atoms with E-state index in [1.165, 1.54) is 6.07 Å². The van der Waals surface area contributed by atoms with Crippen molar-refractivity contribution in [3.63, 3.8) is 0 Å². The minimum Gasteiger partial charge on any atom is -0.367 e. The Bertz CT molecular complexity index is 557. The molecule has 2 N–H and O–H groups in total. The maximum atomic E-state index is 13.4. The number of anilines is 1. The van der Waals surface area contributed by atoms with E-state index in [0.717, 1.165) is 39.0 Å². The highest BCUT2D eigenvalue weighted by Gasteiger charge is 2.24. The molecule has 0 aliphatic carbocycles. The van der Waals surface area contributed by atoms with Crippen LogP contribution in [-0.4, -0.2) is 55.2 Å². The van der Waals surface area contributed by atoms with Gasteiger partial charge in [0.25, 0.3) is 12.3 Å². The second-order valence-corrected chi connectivity index (χ2v) is 5.77. The van der Waals surface area contributed by atoms with E-state index < -0.39 is 12.3 Å². The van der Waals surface area contributed by atoms with Gasteiger partial charge in [0.2, 0.25) is 0 Å². The Balaban J connectivity index is 1.79. The van der Waals surface area contributed by atoms with Crippen molar-refractivity contribution in [1.82, 2.24) is 20.7 Å². The molecule has 0 unspecified atom stereocenters. The number of nitrogens with one attached hydrogen (secondary N) is 2. The van der Waals surface area contributed by atoms with Crippen molar-refractivity contribution in [1.29, 1.82) is 0 Å². The van der Waals surface area contributed by atoms with Crippen LogP contribution in [0.15, 0.2) is 12.1 Å². The molecule has 0 saturated carbocycles. The van der Waals surface area contributed by atoms with Crippen LogP contribution in [0.1, 0.15) is 35.4 Å². The molecule has 3 rings (SSSR count). The van der Waals surface area contributed by atoms with Crippen molar-refractivity contribution in [2.75, 3.05) is 44.2 Å². The normalized spacial score (nSPS) is 19.3. The van der Waals surface area contributed by atoms with Crippen molar-refractivity contribution in [3.8, 4) is 0 Å². The molecule has 1 aromatic rings. The van der Waals surface area contributed by atoms with Crippen LogP contribution in [0.3, 0.4) is 0 Å². The molecule has 0 atom stereocenters. The summed E-state index contributed by atoms with van der Waals surface area (Å²) in [7, 11) is 0. The van der Waals surface area contributed by atoms with E-state index in [1.54, 1.807) is 11.1 Å². The number of hydrazine groups is 1. The fraction of sp³-hybridized carbons (Fsp3) is 0.600. The number of pyridine rings is 1. The molecule has 23 heavy (non-hydrogen) atoms. The van der Waals surface area contributed by atoms with Gasteiger partial charge in [0.05, 0.1) is 5.69 Å². The van der Waals surface area contributed by atoms with Crippen molar-refractivity contribution in [2.24, 2.45) is 0 Å². The Hall–Kier alpha value is -1.80. The zero-order valence-electron chi connectivity index (χ0n) is 12.9. The first-order valence-corrected chi connectivity index (χ1v) is 7.96. The molecule has 2 aliphatic rings. The van der Waals surface area contributed by atoms with Gasteiger partial charge in [0.1, 0.15) is 11.4 Å². The van der Waals surface area contributed by atoms with Crippen molar-refractivity contribution in [2.45, 2.75) is 19.3 Å². The summed E-state index contributed by atoms with van der Waals surface area (Å²) in [5, 5.41) is 4.99. The Morgan fingerprint density at radius 3 is 2.52 bits per heavy atom. The van der Waals surface area contributed by atoms with E-state index in [0.29, 0.717) is 18.8 Å². The summed E-state index contributed by atoms with van der Waals surface area (Å²) in [4.78, 5) is 18.0. The number of piperazine rings is 1. The summed E-state index contributed by atoms with van der Waals surface area (Å²) >= 11 is 0. The number of hydrogen-bond acceptors (Lipinski definition) is 5. The van der Waals surface area contributed by atoms with Crippen LogP contribution in [0.4, 0.5) is 14.5 Å². The molecule has 6 nitrogen and oxygen atoms in total. The van der Waals surface area contributed by atoms with Gasteiger partial charge in [0.15, 0.2) is 0 Å². The fourth-order valence-corrected chi connectivity index (χ4v) is 2.96. The van der Waals surface area contributed by atoms with Crippen LogP contribution in [0, 0.1) is 0 Å². The number of nitrogens with zero attached hydrogens (tertiary/aromatic N) is 3. The third kappa shape index (κ3) is 3.76. The summed E-state index contributed by atoms with van der Waals surface area (Å²) in [6.45, 7) is 4.37. The lowest BCUT2D eigenvalue weighted by Gasteiger charge is -2.30. The molecule has 0 radical (unpaired) electrons. The predicted molar refractivity (Wildman–Crippen MR) is 82.5 cm³/mol. The van der Waals surface area contributed by atoms with Gasteiger partial charge in [-0.1, -0.05) is 0 Å². The van der Waals surface area contributed by atoms with E-state index in [1.807, 2.05) is 4.90 Å². The SMILES string of the molecule is O=C(NN1CCCC1)c1ccc(N2CCNCC2)c(C(F)F)n1. The van der Waals surface area contributed by atoms with Crippen LogP contribution in [0.5, 0.6) is 0 Å². The van der Waals surface area contributed by atoms with Gasteiger partial charge in [-0.2, -0.15) is 0 Å². The van der Waals surface area contributed by atoms with Crippen LogP contribution >= 0.6 is 0 Å². The van der Waals surface area contributed by atoms with Crippen LogP contribution < -0.4 is 15.6 Å². The van der Waals surface area contributed by atoms with E-state index in [9.17, 15) is 13.6 Å². The summed E-state index contributed by atoms with van der Waals surface area (Å²) < 4.78 is 26.8. The van der Waals surface area contributed by atoms with Gasteiger partial charge < -0.3 is 10.2 Å². The topological polar surface area (TPSA) is 60.5 Å². The highest BCUT2D eigenvalue weighted by Crippen LogP contribution is 2.28. The second-order valence-electron chi connectivity index (χ2n) is 5.77. The van der Waals surface area contributed by atoms with Crippen molar-refractivity contribution < 1.29 is 13.6 Å². The van der Waals surface area contributed by atoms with Gasteiger partial charge in [0, 0.05) is 39.3 Å². The average Bonchev–Trinajstić information content (AvgIpc) is 3.08. The number of carbonyl (C=O) groups excluding carboxylic acids is 1. The van der Waals surface area contributed by atoms with Crippen molar-refractivity contribution in [3.05, 3.63) is 23.5 Å². The highest BCUT2D eigenvalue weighted by atomic mass is 19.3. The molecule has 1 aromatic heterocycles. The Morgan fingerprint density at radius 1 is 1.17 bits per heavy atom. The molecule has 0 spiro atoms. The number of amides is 1. The lowest BCUT2D eigenvalue weighted by atomic mass is 10.2. The Kier molecular flexibility index (Phi) is 5.02. The number of alkyl halides is 2. The molecule has 1 amide bonds. The van der Waals surface area contributed by atoms with Gasteiger partial charge in [-0.3, -0.25) is 10.2 Å². The number of halogens is 2. The zero-order chi connectivity index (χ0) is 16.2. The van der Waals surface area contributed by atoms with Crippen LogP contribution in [0.2, 0.25) is 0 Å². The largest absolute Gasteiger partial charge is 0.367 e. The maximum Gasteiger partial charge on any atom is 0.284 e. The monoisotopic (exact) mass is 325 g/mol. The average molecular weight is 325 g/mol. The Morgan fingerprint density at radius 2 is 1.87 bits per heavy atom. The lowest BCUT2D eigenvalue weighted by Crippen LogP contribution is -2.44. The summed E-state index contributed by atoms with van der Waals surface area (Å²) in [6.07, 6.45) is -0.657. The molecule has 8 heteroatoms. The molecule has 2 aliphatic heterocycles. The minimum atomic E-state index is -2.71. The molecule has 2 saturated heterocycles. The summed E-state index contributed by atoms with van der Waals surface area (Å²) in [5.74, 6) is -0.430. The molecule has 0 bridgehead atoms. The van der Waals surface area contributed by atoms with Gasteiger partial charge >= 0.3 is 0 Å². The third-order valence-corrected chi connectivity index (χ3v) is 4.17. The van der Waals surface area contributed by atoms with E-state index >= 15 is 0 Å². The number of rotatable bonds is 4. The lowest BCUT2D eigenvalue weighted by molar-refractivity contribution is 0.0818. The number of carbonyl (C=O) groups is 1. The quantitative estimate of drug-likeness (QED) is 0.870. The first-order valence-electron chi connectivity index (χ1n) is 7.96. The standard InChI is InChI=1S/C15H21F2N5O/c16-14(17)13-12(21-9-5-18-6-10-21)4-3-11(19-13)15(23)20-22-7-1-2-8-22/h3-4,14,18H,1-2,5-10H2,(H,20,23). The first-order chi connectivity index (χ1) is 11.1. The van der Waals surface area contributed by atoms with E-state index in [-0.39, 0.29) is 11.4 Å². The minimum absolute atomic E-state index is 0.0334. The maximum absolute atomic E-state index is 13.4. The first kappa shape index (κ1) is 16.1. The predicted octanol–water partition coefficient (Wildman–Crippen LogP) is 1.17. The van der Waals surface area contributed by atoms with Crippen LogP contribution in [0.25, 0.3) is 0 Å². The highest BCUT2D eigenvalue weighted by molar-refractivity contribution is 5.92. The third-order valence-electron chi connectivity index (χ3n) is 4.17. The summed E-state index contributed by atoms with van der Waals surface area (Å²) in [6, 6.07) is 3.10. The molecular weight excluding hydrogens is 304 g/mol. The fourth-order valence-electron chi connectivity index (χ4n) is 2.96.